The van der Waals surface area contributed by atoms with Crippen LogP contribution in [0.5, 0.6) is 0 Å². The number of aldehydes is 1. The third-order valence-electron chi connectivity index (χ3n) is 3.02. The minimum absolute atomic E-state index is 0.951. The van der Waals surface area contributed by atoms with Crippen molar-refractivity contribution in [1.82, 2.24) is 0 Å². The summed E-state index contributed by atoms with van der Waals surface area (Å²) in [6.07, 6.45) is 5.41. The van der Waals surface area contributed by atoms with E-state index < -0.39 is 0 Å². The second-order valence-corrected chi connectivity index (χ2v) is 4.20. The first-order chi connectivity index (χ1) is 7.31. The minimum atomic E-state index is 0.951. The molecule has 0 spiro atoms. The molecule has 0 atom stereocenters. The molecule has 1 aliphatic rings. The Labute approximate surface area is 90.8 Å². The number of allylic oxidation sites excluding steroid dienone is 2. The fraction of sp³-hybridized carbons (Fsp3) is 0.357. The van der Waals surface area contributed by atoms with Gasteiger partial charge in [-0.1, -0.05) is 29.8 Å². The molecule has 1 aromatic rings. The molecule has 78 valence electrons. The molecule has 0 bridgehead atoms. The summed E-state index contributed by atoms with van der Waals surface area (Å²) in [5.74, 6) is 0. The monoisotopic (exact) mass is 200 g/mol. The van der Waals surface area contributed by atoms with Crippen LogP contribution in [0.3, 0.4) is 0 Å². The zero-order valence-electron chi connectivity index (χ0n) is 9.12. The zero-order valence-corrected chi connectivity index (χ0v) is 9.12. The van der Waals surface area contributed by atoms with Gasteiger partial charge in [-0.15, -0.1) is 0 Å². The highest BCUT2D eigenvalue weighted by atomic mass is 16.1. The fourth-order valence-electron chi connectivity index (χ4n) is 2.22. The Hall–Kier alpha value is -1.37. The number of aryl methyl sites for hydroxylation is 1. The summed E-state index contributed by atoms with van der Waals surface area (Å²) < 4.78 is 0. The normalized spacial score (nSPS) is 16.6. The molecule has 0 saturated carbocycles. The van der Waals surface area contributed by atoms with Crippen LogP contribution in [0.4, 0.5) is 0 Å². The molecule has 0 saturated heterocycles. The third-order valence-corrected chi connectivity index (χ3v) is 3.02. The van der Waals surface area contributed by atoms with E-state index in [1.165, 1.54) is 23.1 Å². The first-order valence-corrected chi connectivity index (χ1v) is 5.55. The minimum Gasteiger partial charge on any atom is -0.298 e. The molecule has 0 fully saturated rings. The quantitative estimate of drug-likeness (QED) is 0.667. The van der Waals surface area contributed by atoms with Crippen LogP contribution in [0.25, 0.3) is 5.57 Å². The maximum atomic E-state index is 11.0. The molecule has 0 unspecified atom stereocenters. The lowest BCUT2D eigenvalue weighted by Gasteiger charge is -2.17. The van der Waals surface area contributed by atoms with E-state index in [0.29, 0.717) is 0 Å². The Balaban J connectivity index is 2.43. The van der Waals surface area contributed by atoms with Crippen LogP contribution in [0.2, 0.25) is 0 Å². The van der Waals surface area contributed by atoms with E-state index in [-0.39, 0.29) is 0 Å². The molecular formula is C14H16O. The van der Waals surface area contributed by atoms with Crippen LogP contribution in [-0.4, -0.2) is 6.29 Å². The zero-order chi connectivity index (χ0) is 10.7. The van der Waals surface area contributed by atoms with Crippen LogP contribution in [-0.2, 0) is 4.79 Å². The van der Waals surface area contributed by atoms with Gasteiger partial charge in [-0.2, -0.15) is 0 Å². The lowest BCUT2D eigenvalue weighted by atomic mass is 9.87. The Morgan fingerprint density at radius 2 is 2.00 bits per heavy atom. The molecule has 1 heteroatoms. The lowest BCUT2D eigenvalue weighted by molar-refractivity contribution is -0.105. The smallest absolute Gasteiger partial charge is 0.146 e. The summed E-state index contributed by atoms with van der Waals surface area (Å²) in [7, 11) is 0. The molecule has 0 N–H and O–H groups in total. The largest absolute Gasteiger partial charge is 0.298 e. The van der Waals surface area contributed by atoms with Crippen molar-refractivity contribution in [1.29, 1.82) is 0 Å². The van der Waals surface area contributed by atoms with Crippen molar-refractivity contribution in [2.45, 2.75) is 32.6 Å². The van der Waals surface area contributed by atoms with Gasteiger partial charge in [0.25, 0.3) is 0 Å². The van der Waals surface area contributed by atoms with E-state index in [1.54, 1.807) is 0 Å². The van der Waals surface area contributed by atoms with Gasteiger partial charge in [0.2, 0.25) is 0 Å². The molecule has 0 aromatic heterocycles. The van der Waals surface area contributed by atoms with Gasteiger partial charge in [0.1, 0.15) is 6.29 Å². The first-order valence-electron chi connectivity index (χ1n) is 5.55. The van der Waals surface area contributed by atoms with Crippen molar-refractivity contribution in [2.75, 3.05) is 0 Å². The highest BCUT2D eigenvalue weighted by Gasteiger charge is 2.13. The molecule has 15 heavy (non-hydrogen) atoms. The SMILES string of the molecule is Cc1cccc(C2=C(C=O)CCCC2)c1. The van der Waals surface area contributed by atoms with Crippen molar-refractivity contribution in [3.8, 4) is 0 Å². The Bertz CT molecular complexity index is 402. The second kappa shape index (κ2) is 4.43. The van der Waals surface area contributed by atoms with Crippen LogP contribution >= 0.6 is 0 Å². The fourth-order valence-corrected chi connectivity index (χ4v) is 2.22. The van der Waals surface area contributed by atoms with Crippen molar-refractivity contribution in [3.05, 3.63) is 41.0 Å². The number of carbonyl (C=O) groups is 1. The summed E-state index contributed by atoms with van der Waals surface area (Å²) in [6.45, 7) is 2.09. The Kier molecular flexibility index (Phi) is 3.00. The van der Waals surface area contributed by atoms with E-state index in [4.69, 9.17) is 0 Å². The van der Waals surface area contributed by atoms with Crippen molar-refractivity contribution < 1.29 is 4.79 Å². The molecule has 2 rings (SSSR count). The van der Waals surface area contributed by atoms with Gasteiger partial charge >= 0.3 is 0 Å². The van der Waals surface area contributed by atoms with Gasteiger partial charge in [-0.3, -0.25) is 4.79 Å². The van der Waals surface area contributed by atoms with Crippen LogP contribution in [0.15, 0.2) is 29.8 Å². The summed E-state index contributed by atoms with van der Waals surface area (Å²) in [5, 5.41) is 0. The molecule has 1 aliphatic carbocycles. The van der Waals surface area contributed by atoms with Gasteiger partial charge < -0.3 is 0 Å². The summed E-state index contributed by atoms with van der Waals surface area (Å²) in [5.41, 5.74) is 4.76. The lowest BCUT2D eigenvalue weighted by Crippen LogP contribution is -2.00. The first kappa shape index (κ1) is 10.2. The molecule has 0 heterocycles. The summed E-state index contributed by atoms with van der Waals surface area (Å²) in [6, 6.07) is 8.43. The number of benzene rings is 1. The Morgan fingerprint density at radius 3 is 2.73 bits per heavy atom. The highest BCUT2D eigenvalue weighted by molar-refractivity contribution is 5.88. The molecule has 1 aromatic carbocycles. The van der Waals surface area contributed by atoms with E-state index >= 15 is 0 Å². The van der Waals surface area contributed by atoms with Gasteiger partial charge in [-0.25, -0.2) is 0 Å². The van der Waals surface area contributed by atoms with Crippen LogP contribution in [0, 0.1) is 6.92 Å². The van der Waals surface area contributed by atoms with Gasteiger partial charge in [0, 0.05) is 0 Å². The predicted octanol–water partition coefficient (Wildman–Crippen LogP) is 3.52. The van der Waals surface area contributed by atoms with Gasteiger partial charge in [-0.05, 0) is 49.3 Å². The maximum absolute atomic E-state index is 11.0. The van der Waals surface area contributed by atoms with E-state index in [2.05, 4.69) is 31.2 Å². The number of hydrogen-bond donors (Lipinski definition) is 0. The van der Waals surface area contributed by atoms with Gasteiger partial charge in [0.15, 0.2) is 0 Å². The standard InChI is InChI=1S/C14H16O/c1-11-5-4-7-12(9-11)14-8-3-2-6-13(14)10-15/h4-5,7,9-10H,2-3,6,8H2,1H3. The van der Waals surface area contributed by atoms with E-state index in [1.807, 2.05) is 0 Å². The third kappa shape index (κ3) is 2.17. The predicted molar refractivity (Wildman–Crippen MR) is 62.6 cm³/mol. The van der Waals surface area contributed by atoms with Crippen molar-refractivity contribution in [2.24, 2.45) is 0 Å². The van der Waals surface area contributed by atoms with Crippen molar-refractivity contribution in [3.63, 3.8) is 0 Å². The average Bonchev–Trinajstić information content (AvgIpc) is 2.29. The number of carbonyl (C=O) groups excluding carboxylic acids is 1. The highest BCUT2D eigenvalue weighted by Crippen LogP contribution is 2.31. The number of rotatable bonds is 2. The molecular weight excluding hydrogens is 184 g/mol. The van der Waals surface area contributed by atoms with Crippen LogP contribution in [0.1, 0.15) is 36.8 Å². The molecule has 0 radical (unpaired) electrons. The maximum Gasteiger partial charge on any atom is 0.146 e. The summed E-state index contributed by atoms with van der Waals surface area (Å²) >= 11 is 0. The topological polar surface area (TPSA) is 17.1 Å². The average molecular weight is 200 g/mol. The Morgan fingerprint density at radius 1 is 1.20 bits per heavy atom. The molecule has 0 aliphatic heterocycles. The molecule has 0 amide bonds. The van der Waals surface area contributed by atoms with Crippen molar-refractivity contribution >= 4 is 11.9 Å². The number of hydrogen-bond acceptors (Lipinski definition) is 1. The van der Waals surface area contributed by atoms with Crippen LogP contribution < -0.4 is 0 Å². The van der Waals surface area contributed by atoms with E-state index in [9.17, 15) is 4.79 Å². The molecule has 1 nitrogen and oxygen atoms in total. The summed E-state index contributed by atoms with van der Waals surface area (Å²) in [4.78, 5) is 11.0. The van der Waals surface area contributed by atoms with E-state index in [0.717, 1.165) is 31.1 Å². The van der Waals surface area contributed by atoms with Gasteiger partial charge in [0.05, 0.1) is 0 Å². The second-order valence-electron chi connectivity index (χ2n) is 4.20.